The standard InChI is InChI=1S/C26H24N4O5S/c1-4-35-20-15-11-18(12-16-20)30-25(32)23(28-27-21-7-5-6-8-22(21)34-3)24(31)29(26(30)36)17-9-13-19(33-2)14-10-17/h5-16,32H,4H2,1-3H3. The Bertz CT molecular complexity index is 1510. The molecule has 0 radical (unpaired) electrons. The Kier molecular flexibility index (Phi) is 7.45. The highest BCUT2D eigenvalue weighted by Crippen LogP contribution is 2.32. The molecule has 3 aromatic carbocycles. The SMILES string of the molecule is CCOc1ccc(-n2c(O)c(N=Nc3ccccc3OC)c(=O)n(-c3ccc(OC)cc3)c2=S)cc1. The molecule has 0 amide bonds. The number of methoxy groups -OCH3 is 2. The Morgan fingerprint density at radius 3 is 2.06 bits per heavy atom. The molecule has 0 aliphatic heterocycles. The van der Waals surface area contributed by atoms with Crippen molar-refractivity contribution in [2.24, 2.45) is 10.2 Å². The van der Waals surface area contributed by atoms with Crippen molar-refractivity contribution in [2.75, 3.05) is 20.8 Å². The van der Waals surface area contributed by atoms with Crippen LogP contribution in [0.15, 0.2) is 87.8 Å². The molecule has 0 spiro atoms. The van der Waals surface area contributed by atoms with E-state index < -0.39 is 11.4 Å². The highest BCUT2D eigenvalue weighted by Gasteiger charge is 2.20. The largest absolute Gasteiger partial charge is 0.497 e. The summed E-state index contributed by atoms with van der Waals surface area (Å²) in [6.07, 6.45) is 0. The molecular weight excluding hydrogens is 480 g/mol. The zero-order valence-corrected chi connectivity index (χ0v) is 20.7. The predicted molar refractivity (Wildman–Crippen MR) is 139 cm³/mol. The minimum absolute atomic E-state index is 0.0445. The van der Waals surface area contributed by atoms with E-state index in [0.717, 1.165) is 0 Å². The number of benzene rings is 3. The summed E-state index contributed by atoms with van der Waals surface area (Å²) in [5, 5.41) is 19.5. The lowest BCUT2D eigenvalue weighted by atomic mass is 10.2. The molecule has 4 rings (SSSR count). The van der Waals surface area contributed by atoms with Crippen LogP contribution in [0.3, 0.4) is 0 Å². The summed E-state index contributed by atoms with van der Waals surface area (Å²) in [5.41, 5.74) is 0.448. The van der Waals surface area contributed by atoms with E-state index in [-0.39, 0.29) is 10.5 Å². The molecule has 36 heavy (non-hydrogen) atoms. The number of hydrogen-bond donors (Lipinski definition) is 1. The van der Waals surface area contributed by atoms with E-state index in [0.29, 0.717) is 40.9 Å². The minimum Gasteiger partial charge on any atom is -0.497 e. The Morgan fingerprint density at radius 1 is 0.833 bits per heavy atom. The molecule has 0 saturated carbocycles. The zero-order chi connectivity index (χ0) is 25.7. The van der Waals surface area contributed by atoms with Gasteiger partial charge in [0.15, 0.2) is 4.77 Å². The maximum atomic E-state index is 13.6. The normalized spacial score (nSPS) is 11.0. The van der Waals surface area contributed by atoms with Crippen LogP contribution in [0.4, 0.5) is 11.4 Å². The topological polar surface area (TPSA) is 99.6 Å². The molecule has 184 valence electrons. The predicted octanol–water partition coefficient (Wildman–Crippen LogP) is 5.89. The first-order valence-corrected chi connectivity index (χ1v) is 11.4. The van der Waals surface area contributed by atoms with Gasteiger partial charge in [-0.2, -0.15) is 0 Å². The van der Waals surface area contributed by atoms with E-state index in [1.54, 1.807) is 79.9 Å². The van der Waals surface area contributed by atoms with Gasteiger partial charge in [-0.15, -0.1) is 10.2 Å². The van der Waals surface area contributed by atoms with Crippen molar-refractivity contribution in [2.45, 2.75) is 6.92 Å². The fraction of sp³-hybridized carbons (Fsp3) is 0.154. The van der Waals surface area contributed by atoms with Gasteiger partial charge in [0.05, 0.1) is 32.2 Å². The third kappa shape index (κ3) is 4.84. The number of ether oxygens (including phenoxy) is 3. The van der Waals surface area contributed by atoms with Crippen molar-refractivity contribution in [3.63, 3.8) is 0 Å². The van der Waals surface area contributed by atoms with E-state index in [1.165, 1.54) is 16.2 Å². The van der Waals surface area contributed by atoms with Crippen LogP contribution in [-0.2, 0) is 0 Å². The molecule has 0 unspecified atom stereocenters. The van der Waals surface area contributed by atoms with E-state index in [2.05, 4.69) is 10.2 Å². The number of aromatic nitrogens is 2. The third-order valence-electron chi connectivity index (χ3n) is 5.29. The summed E-state index contributed by atoms with van der Waals surface area (Å²) >= 11 is 5.66. The van der Waals surface area contributed by atoms with E-state index >= 15 is 0 Å². The van der Waals surface area contributed by atoms with Crippen molar-refractivity contribution in [3.05, 3.63) is 87.9 Å². The van der Waals surface area contributed by atoms with Crippen LogP contribution in [0.2, 0.25) is 0 Å². The quantitative estimate of drug-likeness (QED) is 0.237. The maximum Gasteiger partial charge on any atom is 0.290 e. The smallest absolute Gasteiger partial charge is 0.290 e. The van der Waals surface area contributed by atoms with Gasteiger partial charge in [-0.1, -0.05) is 12.1 Å². The van der Waals surface area contributed by atoms with Gasteiger partial charge in [-0.05, 0) is 79.8 Å². The summed E-state index contributed by atoms with van der Waals surface area (Å²) in [5.74, 6) is 1.30. The molecule has 1 heterocycles. The van der Waals surface area contributed by atoms with Gasteiger partial charge < -0.3 is 19.3 Å². The van der Waals surface area contributed by atoms with E-state index in [9.17, 15) is 9.90 Å². The van der Waals surface area contributed by atoms with Crippen molar-refractivity contribution < 1.29 is 19.3 Å². The molecule has 9 nitrogen and oxygen atoms in total. The van der Waals surface area contributed by atoms with Crippen molar-refractivity contribution in [1.82, 2.24) is 9.13 Å². The Balaban J connectivity index is 1.96. The van der Waals surface area contributed by atoms with Crippen molar-refractivity contribution in [1.29, 1.82) is 0 Å². The first-order valence-electron chi connectivity index (χ1n) is 11.0. The van der Waals surface area contributed by atoms with Gasteiger partial charge >= 0.3 is 0 Å². The van der Waals surface area contributed by atoms with Crippen LogP contribution in [0.5, 0.6) is 23.1 Å². The fourth-order valence-electron chi connectivity index (χ4n) is 3.54. The molecule has 4 aromatic rings. The number of hydrogen-bond acceptors (Lipinski definition) is 8. The first kappa shape index (κ1) is 24.7. The lowest BCUT2D eigenvalue weighted by molar-refractivity contribution is 0.340. The number of nitrogens with zero attached hydrogens (tertiary/aromatic N) is 4. The Hall–Kier alpha value is -4.44. The molecule has 1 aromatic heterocycles. The van der Waals surface area contributed by atoms with Crippen LogP contribution >= 0.6 is 12.2 Å². The molecule has 10 heteroatoms. The highest BCUT2D eigenvalue weighted by molar-refractivity contribution is 7.71. The number of azo groups is 1. The van der Waals surface area contributed by atoms with Crippen LogP contribution in [0.25, 0.3) is 11.4 Å². The average molecular weight is 505 g/mol. The van der Waals surface area contributed by atoms with Crippen LogP contribution in [-0.4, -0.2) is 35.1 Å². The fourth-order valence-corrected chi connectivity index (χ4v) is 3.92. The van der Waals surface area contributed by atoms with Crippen LogP contribution in [0, 0.1) is 4.77 Å². The van der Waals surface area contributed by atoms with Crippen LogP contribution in [0.1, 0.15) is 6.92 Å². The Morgan fingerprint density at radius 2 is 1.44 bits per heavy atom. The zero-order valence-electron chi connectivity index (χ0n) is 19.9. The monoisotopic (exact) mass is 504 g/mol. The summed E-state index contributed by atoms with van der Waals surface area (Å²) in [4.78, 5) is 13.6. The Labute approximate surface area is 212 Å². The second-order valence-electron chi connectivity index (χ2n) is 7.43. The highest BCUT2D eigenvalue weighted by atomic mass is 32.1. The minimum atomic E-state index is -0.636. The summed E-state index contributed by atoms with van der Waals surface area (Å²) < 4.78 is 18.7. The summed E-state index contributed by atoms with van der Waals surface area (Å²) in [6.45, 7) is 2.40. The average Bonchev–Trinajstić information content (AvgIpc) is 2.90. The van der Waals surface area contributed by atoms with Crippen molar-refractivity contribution >= 4 is 23.6 Å². The van der Waals surface area contributed by atoms with Gasteiger partial charge in [0.25, 0.3) is 5.56 Å². The summed E-state index contributed by atoms with van der Waals surface area (Å²) in [6, 6.07) is 20.7. The molecule has 0 aliphatic rings. The molecule has 0 aliphatic carbocycles. The van der Waals surface area contributed by atoms with E-state index in [4.69, 9.17) is 26.4 Å². The molecule has 1 N–H and O–H groups in total. The first-order chi connectivity index (χ1) is 17.5. The lowest BCUT2D eigenvalue weighted by Crippen LogP contribution is -2.23. The lowest BCUT2D eigenvalue weighted by Gasteiger charge is -2.16. The second-order valence-corrected chi connectivity index (χ2v) is 7.79. The van der Waals surface area contributed by atoms with Gasteiger partial charge in [-0.3, -0.25) is 13.9 Å². The van der Waals surface area contributed by atoms with E-state index in [1.807, 2.05) is 6.92 Å². The van der Waals surface area contributed by atoms with Gasteiger partial charge in [0.2, 0.25) is 11.6 Å². The second kappa shape index (κ2) is 10.9. The van der Waals surface area contributed by atoms with Crippen LogP contribution < -0.4 is 19.8 Å². The van der Waals surface area contributed by atoms with Gasteiger partial charge in [0, 0.05) is 0 Å². The molecule has 0 fully saturated rings. The number of rotatable bonds is 8. The maximum absolute atomic E-state index is 13.6. The molecule has 0 bridgehead atoms. The van der Waals surface area contributed by atoms with Gasteiger partial charge in [-0.25, -0.2) is 0 Å². The molecule has 0 saturated heterocycles. The number of aromatic hydroxyl groups is 1. The van der Waals surface area contributed by atoms with Crippen molar-refractivity contribution in [3.8, 4) is 34.5 Å². The molecule has 0 atom stereocenters. The van der Waals surface area contributed by atoms with Gasteiger partial charge in [0.1, 0.15) is 22.9 Å². The molecular formula is C26H24N4O5S. The third-order valence-corrected chi connectivity index (χ3v) is 5.66. The number of para-hydroxylation sites is 1. The summed E-state index contributed by atoms with van der Waals surface area (Å²) in [7, 11) is 3.06.